The lowest BCUT2D eigenvalue weighted by Crippen LogP contribution is -2.01. The minimum Gasteiger partial charge on any atom is -0.300 e. The number of benzene rings is 1. The number of carbonyl (C=O) groups excluding carboxylic acids is 1. The van der Waals surface area contributed by atoms with Gasteiger partial charge in [-0.3, -0.25) is 4.79 Å². The van der Waals surface area contributed by atoms with Crippen molar-refractivity contribution in [1.29, 1.82) is 0 Å². The van der Waals surface area contributed by atoms with Crippen LogP contribution in [0.3, 0.4) is 0 Å². The van der Waals surface area contributed by atoms with Gasteiger partial charge in [0.1, 0.15) is 5.78 Å². The zero-order valence-corrected chi connectivity index (χ0v) is 10.9. The molecule has 0 spiro atoms. The van der Waals surface area contributed by atoms with Gasteiger partial charge in [0, 0.05) is 16.2 Å². The first-order valence-corrected chi connectivity index (χ1v) is 6.78. The second-order valence-electron chi connectivity index (χ2n) is 3.40. The van der Waals surface area contributed by atoms with Gasteiger partial charge in [0.05, 0.1) is 0 Å². The predicted octanol–water partition coefficient (Wildman–Crippen LogP) is 4.15. The first kappa shape index (κ1) is 14.4. The van der Waals surface area contributed by atoms with E-state index < -0.39 is 5.51 Å². The molecule has 0 fully saturated rings. The molecule has 0 aliphatic rings. The summed E-state index contributed by atoms with van der Waals surface area (Å²) in [5, 5.41) is 0. The van der Waals surface area contributed by atoms with Crippen LogP contribution in [0.25, 0.3) is 0 Å². The van der Waals surface area contributed by atoms with Crippen molar-refractivity contribution in [3.8, 4) is 0 Å². The summed E-state index contributed by atoms with van der Waals surface area (Å²) >= 11 is 1.26. The van der Waals surface area contributed by atoms with E-state index in [4.69, 9.17) is 0 Å². The Balaban J connectivity index is 3.00. The molecule has 0 bridgehead atoms. The van der Waals surface area contributed by atoms with Gasteiger partial charge < -0.3 is 0 Å². The fraction of sp³-hybridized carbons (Fsp3) is 0.364. The number of carbonyl (C=O) groups is 1. The summed E-state index contributed by atoms with van der Waals surface area (Å²) in [6.45, 7) is 1.42. The van der Waals surface area contributed by atoms with Crippen molar-refractivity contribution in [3.05, 3.63) is 23.8 Å². The van der Waals surface area contributed by atoms with E-state index in [0.717, 1.165) is 4.90 Å². The average Bonchev–Trinajstić information content (AvgIpc) is 2.14. The molecule has 94 valence electrons. The molecule has 0 radical (unpaired) electrons. The van der Waals surface area contributed by atoms with Gasteiger partial charge in [-0.25, -0.2) is 0 Å². The third-order valence-corrected chi connectivity index (χ3v) is 3.48. The molecule has 0 amide bonds. The Morgan fingerprint density at radius 2 is 2.00 bits per heavy atom. The molecule has 17 heavy (non-hydrogen) atoms. The molecule has 1 aromatic carbocycles. The Bertz CT molecular complexity index is 416. The zero-order valence-electron chi connectivity index (χ0n) is 9.30. The largest absolute Gasteiger partial charge is 0.446 e. The molecule has 1 aromatic rings. The highest BCUT2D eigenvalue weighted by Crippen LogP contribution is 2.38. The molecule has 1 nitrogen and oxygen atoms in total. The quantitative estimate of drug-likeness (QED) is 0.771. The van der Waals surface area contributed by atoms with Gasteiger partial charge in [-0.2, -0.15) is 13.2 Å². The van der Waals surface area contributed by atoms with Crippen molar-refractivity contribution in [2.45, 2.75) is 28.6 Å². The summed E-state index contributed by atoms with van der Waals surface area (Å²) in [5.74, 6) is -0.0607. The van der Waals surface area contributed by atoms with E-state index in [0.29, 0.717) is 5.56 Å². The number of rotatable bonds is 4. The molecule has 0 unspecified atom stereocenters. The maximum absolute atomic E-state index is 12.2. The number of ketones is 1. The number of thioether (sulfide) groups is 2. The lowest BCUT2D eigenvalue weighted by atomic mass is 10.1. The monoisotopic (exact) mass is 280 g/mol. The highest BCUT2D eigenvalue weighted by atomic mass is 32.2. The Morgan fingerprint density at radius 3 is 2.47 bits per heavy atom. The van der Waals surface area contributed by atoms with Gasteiger partial charge >= 0.3 is 5.51 Å². The molecule has 6 heteroatoms. The Hall–Kier alpha value is -0.620. The van der Waals surface area contributed by atoms with E-state index in [1.54, 1.807) is 6.07 Å². The highest BCUT2D eigenvalue weighted by Gasteiger charge is 2.29. The molecule has 0 saturated heterocycles. The molecule has 0 aliphatic heterocycles. The lowest BCUT2D eigenvalue weighted by molar-refractivity contribution is -0.116. The zero-order chi connectivity index (χ0) is 13.1. The van der Waals surface area contributed by atoms with Crippen molar-refractivity contribution < 1.29 is 18.0 Å². The van der Waals surface area contributed by atoms with Crippen LogP contribution in [0.1, 0.15) is 12.5 Å². The third-order valence-electron chi connectivity index (χ3n) is 1.92. The summed E-state index contributed by atoms with van der Waals surface area (Å²) < 4.78 is 36.6. The van der Waals surface area contributed by atoms with E-state index in [-0.39, 0.29) is 28.9 Å². The van der Waals surface area contributed by atoms with Crippen LogP contribution in [0.5, 0.6) is 0 Å². The number of hydrogen-bond acceptors (Lipinski definition) is 3. The van der Waals surface area contributed by atoms with Gasteiger partial charge in [0.25, 0.3) is 0 Å². The van der Waals surface area contributed by atoms with Gasteiger partial charge in [0.2, 0.25) is 0 Å². The van der Waals surface area contributed by atoms with Crippen LogP contribution in [-0.2, 0) is 11.2 Å². The molecule has 1 rings (SSSR count). The van der Waals surface area contributed by atoms with Gasteiger partial charge in [-0.15, -0.1) is 11.8 Å². The minimum atomic E-state index is -4.30. The normalized spacial score (nSPS) is 11.6. The maximum Gasteiger partial charge on any atom is 0.446 e. The third kappa shape index (κ3) is 5.04. The van der Waals surface area contributed by atoms with Gasteiger partial charge in [-0.1, -0.05) is 0 Å². The molecule has 0 aromatic heterocycles. The van der Waals surface area contributed by atoms with Crippen LogP contribution in [0.2, 0.25) is 0 Å². The fourth-order valence-electron chi connectivity index (χ4n) is 1.36. The second kappa shape index (κ2) is 5.82. The van der Waals surface area contributed by atoms with E-state index in [1.807, 2.05) is 6.26 Å². The molecule has 0 atom stereocenters. The summed E-state index contributed by atoms with van der Waals surface area (Å²) in [5.41, 5.74) is -3.65. The smallest absolute Gasteiger partial charge is 0.300 e. The molecule has 0 heterocycles. The van der Waals surface area contributed by atoms with Crippen LogP contribution in [-0.4, -0.2) is 17.5 Å². The molecular formula is C11H11F3OS2. The summed E-state index contributed by atoms with van der Waals surface area (Å²) in [7, 11) is 0. The first-order chi connectivity index (χ1) is 7.81. The lowest BCUT2D eigenvalue weighted by Gasteiger charge is -2.10. The Kier molecular flexibility index (Phi) is 4.94. The van der Waals surface area contributed by atoms with Crippen molar-refractivity contribution in [2.24, 2.45) is 0 Å². The Morgan fingerprint density at radius 1 is 1.35 bits per heavy atom. The number of halogens is 3. The van der Waals surface area contributed by atoms with Crippen molar-refractivity contribution in [1.82, 2.24) is 0 Å². The van der Waals surface area contributed by atoms with Crippen molar-refractivity contribution >= 4 is 29.3 Å². The van der Waals surface area contributed by atoms with Crippen molar-refractivity contribution in [2.75, 3.05) is 6.26 Å². The molecule has 0 saturated carbocycles. The van der Waals surface area contributed by atoms with Crippen LogP contribution in [0.15, 0.2) is 28.0 Å². The number of Topliss-reactive ketones (excluding diaryl/α,β-unsaturated/α-hetero) is 1. The van der Waals surface area contributed by atoms with Crippen LogP contribution in [0.4, 0.5) is 13.2 Å². The Labute approximate surface area is 106 Å². The summed E-state index contributed by atoms with van der Waals surface area (Å²) in [4.78, 5) is 12.0. The van der Waals surface area contributed by atoms with Crippen LogP contribution in [0, 0.1) is 0 Å². The van der Waals surface area contributed by atoms with Crippen molar-refractivity contribution in [3.63, 3.8) is 0 Å². The molecule has 0 aliphatic carbocycles. The maximum atomic E-state index is 12.2. The van der Waals surface area contributed by atoms with E-state index in [9.17, 15) is 18.0 Å². The highest BCUT2D eigenvalue weighted by molar-refractivity contribution is 8.00. The van der Waals surface area contributed by atoms with Gasteiger partial charge in [-0.05, 0) is 48.7 Å². The van der Waals surface area contributed by atoms with Crippen LogP contribution >= 0.6 is 23.5 Å². The second-order valence-corrected chi connectivity index (χ2v) is 5.39. The number of hydrogen-bond donors (Lipinski definition) is 0. The SMILES string of the molecule is CSc1ccc(SC(F)(F)F)cc1CC(C)=O. The molecular weight excluding hydrogens is 269 g/mol. The molecule has 0 N–H and O–H groups in total. The average molecular weight is 280 g/mol. The van der Waals surface area contributed by atoms with Crippen LogP contribution < -0.4 is 0 Å². The minimum absolute atomic E-state index is 0.0607. The predicted molar refractivity (Wildman–Crippen MR) is 64.5 cm³/mol. The van der Waals surface area contributed by atoms with E-state index in [1.165, 1.54) is 30.8 Å². The topological polar surface area (TPSA) is 17.1 Å². The van der Waals surface area contributed by atoms with E-state index in [2.05, 4.69) is 0 Å². The van der Waals surface area contributed by atoms with E-state index >= 15 is 0 Å². The first-order valence-electron chi connectivity index (χ1n) is 4.74. The summed E-state index contributed by atoms with van der Waals surface area (Å²) in [6.07, 6.45) is 2.00. The standard InChI is InChI=1S/C11H11F3OS2/c1-7(15)5-8-6-9(17-11(12,13)14)3-4-10(8)16-2/h3-4,6H,5H2,1-2H3. The number of alkyl halides is 3. The fourth-order valence-corrected chi connectivity index (χ4v) is 2.56. The van der Waals surface area contributed by atoms with Gasteiger partial charge in [0.15, 0.2) is 0 Å². The summed E-state index contributed by atoms with van der Waals surface area (Å²) in [6, 6.07) is 4.48.